The van der Waals surface area contributed by atoms with Gasteiger partial charge in [-0.3, -0.25) is 9.78 Å². The van der Waals surface area contributed by atoms with Gasteiger partial charge in [-0.1, -0.05) is 19.9 Å². The van der Waals surface area contributed by atoms with E-state index in [1.54, 1.807) is 6.20 Å². The Balaban J connectivity index is 2.27. The molecule has 1 aliphatic rings. The van der Waals surface area contributed by atoms with Crippen molar-refractivity contribution >= 4 is 5.97 Å². The first-order valence-corrected chi connectivity index (χ1v) is 5.10. The van der Waals surface area contributed by atoms with Gasteiger partial charge in [0.15, 0.2) is 0 Å². The molecule has 2 atom stereocenters. The number of nitrogens with zero attached hydrogens (tertiary/aromatic N) is 1. The maximum atomic E-state index is 11.0. The number of aliphatic carboxylic acids is 1. The lowest BCUT2D eigenvalue weighted by Gasteiger charge is -2.01. The third-order valence-corrected chi connectivity index (χ3v) is 3.35. The quantitative estimate of drug-likeness (QED) is 0.805. The van der Waals surface area contributed by atoms with Gasteiger partial charge in [0, 0.05) is 17.8 Å². The molecule has 1 aliphatic carbocycles. The second-order valence-electron chi connectivity index (χ2n) is 4.88. The number of carboxylic acid groups (broad SMARTS) is 1. The molecule has 2 rings (SSSR count). The number of aromatic nitrogens is 1. The van der Waals surface area contributed by atoms with Crippen LogP contribution in [-0.4, -0.2) is 16.1 Å². The average molecular weight is 205 g/mol. The molecule has 0 bridgehead atoms. The van der Waals surface area contributed by atoms with Crippen molar-refractivity contribution in [3.63, 3.8) is 0 Å². The Labute approximate surface area is 89.2 Å². The summed E-state index contributed by atoms with van der Waals surface area (Å²) < 4.78 is 0. The summed E-state index contributed by atoms with van der Waals surface area (Å²) in [6.45, 7) is 5.94. The molecule has 3 heteroatoms. The molecule has 1 heterocycles. The zero-order valence-electron chi connectivity index (χ0n) is 9.19. The maximum absolute atomic E-state index is 11.0. The first-order valence-electron chi connectivity index (χ1n) is 5.10. The van der Waals surface area contributed by atoms with Gasteiger partial charge in [-0.15, -0.1) is 0 Å². The first-order chi connectivity index (χ1) is 6.94. The Morgan fingerprint density at radius 1 is 1.47 bits per heavy atom. The summed E-state index contributed by atoms with van der Waals surface area (Å²) in [5.74, 6) is -0.935. The van der Waals surface area contributed by atoms with Crippen molar-refractivity contribution in [2.75, 3.05) is 0 Å². The van der Waals surface area contributed by atoms with Crippen LogP contribution in [0.3, 0.4) is 0 Å². The van der Waals surface area contributed by atoms with Gasteiger partial charge in [-0.05, 0) is 24.0 Å². The van der Waals surface area contributed by atoms with Crippen LogP contribution in [-0.2, 0) is 4.79 Å². The average Bonchev–Trinajstić information content (AvgIpc) is 2.70. The van der Waals surface area contributed by atoms with Gasteiger partial charge in [-0.25, -0.2) is 0 Å². The minimum Gasteiger partial charge on any atom is -0.481 e. The predicted molar refractivity (Wildman–Crippen MR) is 56.6 cm³/mol. The van der Waals surface area contributed by atoms with Crippen molar-refractivity contribution in [2.24, 2.45) is 11.3 Å². The van der Waals surface area contributed by atoms with Crippen LogP contribution in [0.2, 0.25) is 0 Å². The van der Waals surface area contributed by atoms with E-state index < -0.39 is 5.97 Å². The van der Waals surface area contributed by atoms with Crippen LogP contribution in [0.4, 0.5) is 0 Å². The molecule has 0 aliphatic heterocycles. The minimum absolute atomic E-state index is 0.0654. The van der Waals surface area contributed by atoms with Crippen LogP contribution < -0.4 is 0 Å². The fourth-order valence-electron chi connectivity index (χ4n) is 2.31. The van der Waals surface area contributed by atoms with E-state index >= 15 is 0 Å². The van der Waals surface area contributed by atoms with Gasteiger partial charge in [0.25, 0.3) is 0 Å². The molecule has 1 aromatic heterocycles. The highest BCUT2D eigenvalue weighted by Gasteiger charge is 2.63. The molecular formula is C12H15NO2. The minimum atomic E-state index is -0.715. The number of aryl methyl sites for hydroxylation is 1. The molecule has 1 fully saturated rings. The van der Waals surface area contributed by atoms with Crippen LogP contribution >= 0.6 is 0 Å². The highest BCUT2D eigenvalue weighted by molar-refractivity contribution is 5.77. The largest absolute Gasteiger partial charge is 0.481 e. The topological polar surface area (TPSA) is 50.2 Å². The van der Waals surface area contributed by atoms with Crippen molar-refractivity contribution < 1.29 is 9.90 Å². The van der Waals surface area contributed by atoms with E-state index in [0.29, 0.717) is 0 Å². The summed E-state index contributed by atoms with van der Waals surface area (Å²) in [6, 6.07) is 3.92. The summed E-state index contributed by atoms with van der Waals surface area (Å²) in [5, 5.41) is 9.05. The lowest BCUT2D eigenvalue weighted by molar-refractivity contribution is -0.139. The van der Waals surface area contributed by atoms with E-state index in [2.05, 4.69) is 4.98 Å². The molecule has 0 unspecified atom stereocenters. The Morgan fingerprint density at radius 3 is 2.53 bits per heavy atom. The molecule has 0 saturated heterocycles. The predicted octanol–water partition coefficient (Wildman–Crippen LogP) is 2.21. The monoisotopic (exact) mass is 205 g/mol. The second kappa shape index (κ2) is 3.05. The normalized spacial score (nSPS) is 27.4. The summed E-state index contributed by atoms with van der Waals surface area (Å²) in [7, 11) is 0. The molecule has 0 amide bonds. The van der Waals surface area contributed by atoms with Crippen molar-refractivity contribution in [1.29, 1.82) is 0 Å². The Bertz CT molecular complexity index is 395. The number of hydrogen-bond donors (Lipinski definition) is 1. The van der Waals surface area contributed by atoms with Gasteiger partial charge >= 0.3 is 5.97 Å². The lowest BCUT2D eigenvalue weighted by Crippen LogP contribution is -2.03. The van der Waals surface area contributed by atoms with Crippen LogP contribution in [0, 0.1) is 18.3 Å². The molecule has 1 aromatic rings. The Morgan fingerprint density at radius 2 is 2.13 bits per heavy atom. The molecular weight excluding hydrogens is 190 g/mol. The number of hydrogen-bond acceptors (Lipinski definition) is 2. The number of carbonyl (C=O) groups is 1. The number of pyridine rings is 1. The maximum Gasteiger partial charge on any atom is 0.307 e. The standard InChI is InChI=1S/C12H15NO2/c1-7-4-5-8(13-6-7)9-10(11(14)15)12(9,2)3/h4-6,9-10H,1-3H3,(H,14,15)/t9-,10+/m1/s1. The summed E-state index contributed by atoms with van der Waals surface area (Å²) >= 11 is 0. The second-order valence-corrected chi connectivity index (χ2v) is 4.88. The van der Waals surface area contributed by atoms with Gasteiger partial charge in [0.05, 0.1) is 5.92 Å². The molecule has 1 N–H and O–H groups in total. The lowest BCUT2D eigenvalue weighted by atomic mass is 10.1. The van der Waals surface area contributed by atoms with E-state index in [9.17, 15) is 4.79 Å². The fraction of sp³-hybridized carbons (Fsp3) is 0.500. The van der Waals surface area contributed by atoms with Crippen molar-refractivity contribution in [2.45, 2.75) is 26.7 Å². The SMILES string of the molecule is Cc1ccc([C@@H]2[C@@H](C(=O)O)C2(C)C)nc1. The highest BCUT2D eigenvalue weighted by Crippen LogP contribution is 2.63. The molecule has 0 radical (unpaired) electrons. The smallest absolute Gasteiger partial charge is 0.307 e. The van der Waals surface area contributed by atoms with Gasteiger partial charge in [0.2, 0.25) is 0 Å². The summed E-state index contributed by atoms with van der Waals surface area (Å²) in [6.07, 6.45) is 1.79. The summed E-state index contributed by atoms with van der Waals surface area (Å²) in [4.78, 5) is 15.3. The highest BCUT2D eigenvalue weighted by atomic mass is 16.4. The van der Waals surface area contributed by atoms with Gasteiger partial charge in [-0.2, -0.15) is 0 Å². The van der Waals surface area contributed by atoms with Crippen LogP contribution in [0.5, 0.6) is 0 Å². The molecule has 15 heavy (non-hydrogen) atoms. The van der Waals surface area contributed by atoms with Crippen LogP contribution in [0.1, 0.15) is 31.0 Å². The van der Waals surface area contributed by atoms with Crippen molar-refractivity contribution in [3.8, 4) is 0 Å². The molecule has 0 spiro atoms. The molecule has 1 saturated carbocycles. The summed E-state index contributed by atoms with van der Waals surface area (Å²) in [5.41, 5.74) is 1.84. The first kappa shape index (κ1) is 10.1. The van der Waals surface area contributed by atoms with Crippen molar-refractivity contribution in [3.05, 3.63) is 29.6 Å². The third kappa shape index (κ3) is 1.52. The molecule has 80 valence electrons. The van der Waals surface area contributed by atoms with E-state index in [1.165, 1.54) is 0 Å². The zero-order chi connectivity index (χ0) is 11.2. The van der Waals surface area contributed by atoms with E-state index in [-0.39, 0.29) is 17.3 Å². The Kier molecular flexibility index (Phi) is 2.07. The van der Waals surface area contributed by atoms with Gasteiger partial charge < -0.3 is 5.11 Å². The van der Waals surface area contributed by atoms with Gasteiger partial charge in [0.1, 0.15) is 0 Å². The van der Waals surface area contributed by atoms with E-state index in [4.69, 9.17) is 5.11 Å². The van der Waals surface area contributed by atoms with Crippen LogP contribution in [0.25, 0.3) is 0 Å². The third-order valence-electron chi connectivity index (χ3n) is 3.35. The zero-order valence-corrected chi connectivity index (χ0v) is 9.19. The fourth-order valence-corrected chi connectivity index (χ4v) is 2.31. The van der Waals surface area contributed by atoms with Crippen LogP contribution in [0.15, 0.2) is 18.3 Å². The molecule has 0 aromatic carbocycles. The number of rotatable bonds is 2. The van der Waals surface area contributed by atoms with Crippen molar-refractivity contribution in [1.82, 2.24) is 4.98 Å². The Hall–Kier alpha value is -1.38. The van der Waals surface area contributed by atoms with E-state index in [1.807, 2.05) is 32.9 Å². The molecule has 3 nitrogen and oxygen atoms in total. The van der Waals surface area contributed by atoms with E-state index in [0.717, 1.165) is 11.3 Å². The number of carboxylic acids is 1.